The molecule has 1 aromatic rings. The molecule has 3 N–H and O–H groups in total. The Hall–Kier alpha value is -0.610. The average Bonchev–Trinajstić information content (AvgIpc) is 2.30. The van der Waals surface area contributed by atoms with Gasteiger partial charge in [-0.15, -0.1) is 0 Å². The SMILES string of the molecule is NCC(c1ccccc1Cl)N(CCO)C1CCC1. The summed E-state index contributed by atoms with van der Waals surface area (Å²) < 4.78 is 0. The Balaban J connectivity index is 2.21. The Morgan fingerprint density at radius 3 is 2.61 bits per heavy atom. The van der Waals surface area contributed by atoms with Crippen molar-refractivity contribution in [2.45, 2.75) is 31.3 Å². The minimum atomic E-state index is 0.108. The van der Waals surface area contributed by atoms with Crippen molar-refractivity contribution < 1.29 is 5.11 Å². The first kappa shape index (κ1) is 13.8. The van der Waals surface area contributed by atoms with Gasteiger partial charge in [0.1, 0.15) is 0 Å². The molecule has 1 unspecified atom stereocenters. The van der Waals surface area contributed by atoms with Crippen molar-refractivity contribution in [3.05, 3.63) is 34.9 Å². The molecular weight excluding hydrogens is 248 g/mol. The quantitative estimate of drug-likeness (QED) is 0.832. The molecule has 0 bridgehead atoms. The molecule has 100 valence electrons. The standard InChI is InChI=1S/C14H21ClN2O/c15-13-7-2-1-6-12(13)14(10-16)17(8-9-18)11-4-3-5-11/h1-2,6-7,11,14,18H,3-5,8-10,16H2. The summed E-state index contributed by atoms with van der Waals surface area (Å²) in [6.45, 7) is 1.36. The highest BCUT2D eigenvalue weighted by Gasteiger charge is 2.31. The van der Waals surface area contributed by atoms with E-state index in [2.05, 4.69) is 4.90 Å². The second kappa shape index (κ2) is 6.53. The molecule has 0 saturated heterocycles. The topological polar surface area (TPSA) is 49.5 Å². The van der Waals surface area contributed by atoms with Gasteiger partial charge in [-0.25, -0.2) is 0 Å². The van der Waals surface area contributed by atoms with Gasteiger partial charge in [-0.05, 0) is 24.5 Å². The van der Waals surface area contributed by atoms with E-state index in [1.54, 1.807) is 0 Å². The van der Waals surface area contributed by atoms with Gasteiger partial charge in [0.05, 0.1) is 6.61 Å². The minimum absolute atomic E-state index is 0.108. The number of nitrogens with zero attached hydrogens (tertiary/aromatic N) is 1. The fourth-order valence-electron chi connectivity index (χ4n) is 2.61. The second-order valence-electron chi connectivity index (χ2n) is 4.82. The molecule has 1 aromatic carbocycles. The zero-order valence-corrected chi connectivity index (χ0v) is 11.3. The number of halogens is 1. The third-order valence-electron chi connectivity index (χ3n) is 3.79. The molecule has 0 amide bonds. The van der Waals surface area contributed by atoms with Gasteiger partial charge < -0.3 is 10.8 Å². The molecule has 1 aliphatic carbocycles. The fourth-order valence-corrected chi connectivity index (χ4v) is 2.87. The molecular formula is C14H21ClN2O. The Morgan fingerprint density at radius 2 is 2.11 bits per heavy atom. The summed E-state index contributed by atoms with van der Waals surface area (Å²) in [5.74, 6) is 0. The van der Waals surface area contributed by atoms with Gasteiger partial charge in [-0.1, -0.05) is 36.2 Å². The molecule has 0 radical (unpaired) electrons. The van der Waals surface area contributed by atoms with Crippen molar-refractivity contribution in [2.75, 3.05) is 19.7 Å². The van der Waals surface area contributed by atoms with Crippen LogP contribution in [0.25, 0.3) is 0 Å². The van der Waals surface area contributed by atoms with E-state index >= 15 is 0 Å². The van der Waals surface area contributed by atoms with E-state index in [9.17, 15) is 5.11 Å². The Labute approximate surface area is 114 Å². The van der Waals surface area contributed by atoms with Crippen LogP contribution >= 0.6 is 11.6 Å². The zero-order chi connectivity index (χ0) is 13.0. The summed E-state index contributed by atoms with van der Waals surface area (Å²) in [4.78, 5) is 2.31. The average molecular weight is 269 g/mol. The molecule has 1 saturated carbocycles. The maximum atomic E-state index is 9.25. The van der Waals surface area contributed by atoms with Gasteiger partial charge in [0.15, 0.2) is 0 Å². The van der Waals surface area contributed by atoms with E-state index in [-0.39, 0.29) is 12.6 Å². The Bertz CT molecular complexity index is 382. The number of aliphatic hydroxyl groups is 1. The molecule has 1 aliphatic rings. The Morgan fingerprint density at radius 1 is 1.39 bits per heavy atom. The lowest BCUT2D eigenvalue weighted by Crippen LogP contribution is -2.46. The maximum Gasteiger partial charge on any atom is 0.0558 e. The highest BCUT2D eigenvalue weighted by atomic mass is 35.5. The van der Waals surface area contributed by atoms with Crippen LogP contribution in [0.1, 0.15) is 30.9 Å². The monoisotopic (exact) mass is 268 g/mol. The Kier molecular flexibility index (Phi) is 5.01. The van der Waals surface area contributed by atoms with E-state index in [4.69, 9.17) is 17.3 Å². The van der Waals surface area contributed by atoms with E-state index in [1.807, 2.05) is 24.3 Å². The van der Waals surface area contributed by atoms with E-state index < -0.39 is 0 Å². The molecule has 1 atom stereocenters. The van der Waals surface area contributed by atoms with Crippen LogP contribution < -0.4 is 5.73 Å². The number of hydrogen-bond donors (Lipinski definition) is 2. The molecule has 2 rings (SSSR count). The highest BCUT2D eigenvalue weighted by molar-refractivity contribution is 6.31. The lowest BCUT2D eigenvalue weighted by Gasteiger charge is -2.42. The molecule has 4 heteroatoms. The second-order valence-corrected chi connectivity index (χ2v) is 5.23. The molecule has 0 aliphatic heterocycles. The first-order valence-corrected chi connectivity index (χ1v) is 6.96. The van der Waals surface area contributed by atoms with Crippen LogP contribution in [0.5, 0.6) is 0 Å². The number of nitrogens with two attached hydrogens (primary N) is 1. The largest absolute Gasteiger partial charge is 0.395 e. The van der Waals surface area contributed by atoms with Gasteiger partial charge >= 0.3 is 0 Å². The molecule has 0 aromatic heterocycles. The van der Waals surface area contributed by atoms with Gasteiger partial charge in [-0.3, -0.25) is 4.90 Å². The summed E-state index contributed by atoms with van der Waals surface area (Å²) in [5, 5.41) is 10.0. The summed E-state index contributed by atoms with van der Waals surface area (Å²) in [6.07, 6.45) is 3.66. The van der Waals surface area contributed by atoms with Gasteiger partial charge in [0.25, 0.3) is 0 Å². The van der Waals surface area contributed by atoms with Crippen LogP contribution in [0.3, 0.4) is 0 Å². The van der Waals surface area contributed by atoms with Crippen LogP contribution in [-0.2, 0) is 0 Å². The lowest BCUT2D eigenvalue weighted by atomic mass is 9.89. The summed E-state index contributed by atoms with van der Waals surface area (Å²) in [5.41, 5.74) is 7.01. The lowest BCUT2D eigenvalue weighted by molar-refractivity contribution is 0.0623. The van der Waals surface area contributed by atoms with Crippen LogP contribution in [0.4, 0.5) is 0 Å². The van der Waals surface area contributed by atoms with Crippen molar-refractivity contribution >= 4 is 11.6 Å². The maximum absolute atomic E-state index is 9.25. The molecule has 0 heterocycles. The molecule has 0 spiro atoms. The predicted octanol–water partition coefficient (Wildman–Crippen LogP) is 2.19. The molecule has 1 fully saturated rings. The van der Waals surface area contributed by atoms with Crippen LogP contribution in [0.2, 0.25) is 5.02 Å². The highest BCUT2D eigenvalue weighted by Crippen LogP contribution is 2.34. The first-order valence-electron chi connectivity index (χ1n) is 6.59. The normalized spacial score (nSPS) is 17.8. The summed E-state index contributed by atoms with van der Waals surface area (Å²) in [6, 6.07) is 8.50. The van der Waals surface area contributed by atoms with Crippen molar-refractivity contribution in [2.24, 2.45) is 5.73 Å². The van der Waals surface area contributed by atoms with E-state index in [0.29, 0.717) is 19.1 Å². The number of aliphatic hydroxyl groups excluding tert-OH is 1. The van der Waals surface area contributed by atoms with Crippen molar-refractivity contribution in [3.63, 3.8) is 0 Å². The van der Waals surface area contributed by atoms with Gasteiger partial charge in [0.2, 0.25) is 0 Å². The summed E-state index contributed by atoms with van der Waals surface area (Å²) in [7, 11) is 0. The smallest absolute Gasteiger partial charge is 0.0558 e. The minimum Gasteiger partial charge on any atom is -0.395 e. The van der Waals surface area contributed by atoms with Crippen molar-refractivity contribution in [3.8, 4) is 0 Å². The van der Waals surface area contributed by atoms with Crippen LogP contribution in [0, 0.1) is 0 Å². The van der Waals surface area contributed by atoms with Gasteiger partial charge in [0, 0.05) is 30.2 Å². The number of benzene rings is 1. The first-order chi connectivity index (χ1) is 8.77. The number of rotatable bonds is 6. The van der Waals surface area contributed by atoms with Crippen LogP contribution in [0.15, 0.2) is 24.3 Å². The molecule has 3 nitrogen and oxygen atoms in total. The van der Waals surface area contributed by atoms with Crippen molar-refractivity contribution in [1.29, 1.82) is 0 Å². The fraction of sp³-hybridized carbons (Fsp3) is 0.571. The predicted molar refractivity (Wildman–Crippen MR) is 74.7 cm³/mol. The van der Waals surface area contributed by atoms with Crippen molar-refractivity contribution in [1.82, 2.24) is 4.90 Å². The molecule has 18 heavy (non-hydrogen) atoms. The van der Waals surface area contributed by atoms with Crippen LogP contribution in [-0.4, -0.2) is 35.7 Å². The van der Waals surface area contributed by atoms with E-state index in [0.717, 1.165) is 10.6 Å². The van der Waals surface area contributed by atoms with Gasteiger partial charge in [-0.2, -0.15) is 0 Å². The third kappa shape index (κ3) is 2.86. The zero-order valence-electron chi connectivity index (χ0n) is 10.6. The summed E-state index contributed by atoms with van der Waals surface area (Å²) >= 11 is 6.26. The number of hydrogen-bond acceptors (Lipinski definition) is 3. The third-order valence-corrected chi connectivity index (χ3v) is 4.13. The van der Waals surface area contributed by atoms with E-state index in [1.165, 1.54) is 19.3 Å².